The van der Waals surface area contributed by atoms with Crippen LogP contribution in [0.15, 0.2) is 52.9 Å². The molecule has 0 saturated carbocycles. The van der Waals surface area contributed by atoms with Gasteiger partial charge >= 0.3 is 0 Å². The Morgan fingerprint density at radius 3 is 2.70 bits per heavy atom. The molecule has 1 N–H and O–H groups in total. The Labute approximate surface area is 138 Å². The third kappa shape index (κ3) is 2.60. The van der Waals surface area contributed by atoms with Gasteiger partial charge in [0.2, 0.25) is 0 Å². The van der Waals surface area contributed by atoms with E-state index in [4.69, 9.17) is 0 Å². The number of aromatic nitrogens is 2. The molecule has 5 nitrogen and oxygen atoms in total. The summed E-state index contributed by atoms with van der Waals surface area (Å²) in [5, 5.41) is 6.77. The number of sulfonamides is 1. The summed E-state index contributed by atoms with van der Waals surface area (Å²) in [5.41, 5.74) is 3.16. The van der Waals surface area contributed by atoms with Crippen molar-refractivity contribution < 1.29 is 8.42 Å². The predicted octanol–water partition coefficient (Wildman–Crippen LogP) is 2.89. The van der Waals surface area contributed by atoms with Crippen LogP contribution in [0.25, 0.3) is 10.6 Å². The molecule has 0 aliphatic carbocycles. The Morgan fingerprint density at radius 1 is 1.09 bits per heavy atom. The van der Waals surface area contributed by atoms with Gasteiger partial charge in [-0.1, -0.05) is 24.3 Å². The molecule has 118 valence electrons. The minimum atomic E-state index is -3.46. The van der Waals surface area contributed by atoms with E-state index in [0.717, 1.165) is 22.6 Å². The Kier molecular flexibility index (Phi) is 3.56. The Bertz CT molecular complexity index is 930. The van der Waals surface area contributed by atoms with Crippen LogP contribution in [0, 0.1) is 0 Å². The topological polar surface area (TPSA) is 66.1 Å². The number of hydrogen-bond acceptors (Lipinski definition) is 4. The van der Waals surface area contributed by atoms with Crippen molar-refractivity contribution in [2.45, 2.75) is 17.2 Å². The fourth-order valence-electron chi connectivity index (χ4n) is 2.80. The lowest BCUT2D eigenvalue weighted by atomic mass is 10.0. The van der Waals surface area contributed by atoms with Crippen LogP contribution in [0.1, 0.15) is 11.1 Å². The van der Waals surface area contributed by atoms with Crippen molar-refractivity contribution in [1.82, 2.24) is 14.5 Å². The molecule has 0 radical (unpaired) electrons. The van der Waals surface area contributed by atoms with Crippen LogP contribution < -0.4 is 0 Å². The van der Waals surface area contributed by atoms with Crippen molar-refractivity contribution >= 4 is 21.4 Å². The predicted molar refractivity (Wildman–Crippen MR) is 89.6 cm³/mol. The first-order valence-electron chi connectivity index (χ1n) is 7.31. The highest BCUT2D eigenvalue weighted by Gasteiger charge is 2.29. The van der Waals surface area contributed by atoms with Crippen LogP contribution >= 0.6 is 11.3 Å². The number of hydrogen-bond donors (Lipinski definition) is 1. The van der Waals surface area contributed by atoms with Crippen LogP contribution in [0.5, 0.6) is 0 Å². The largest absolute Gasteiger partial charge is 0.277 e. The minimum Gasteiger partial charge on any atom is -0.277 e. The normalized spacial score (nSPS) is 15.5. The zero-order valence-electron chi connectivity index (χ0n) is 12.3. The second kappa shape index (κ2) is 5.59. The third-order valence-electron chi connectivity index (χ3n) is 4.04. The molecule has 1 aromatic carbocycles. The van der Waals surface area contributed by atoms with Crippen LogP contribution in [0.3, 0.4) is 0 Å². The van der Waals surface area contributed by atoms with E-state index in [1.807, 2.05) is 30.3 Å². The highest BCUT2D eigenvalue weighted by Crippen LogP contribution is 2.33. The molecule has 0 amide bonds. The second-order valence-corrected chi connectivity index (χ2v) is 8.69. The van der Waals surface area contributed by atoms with Crippen molar-refractivity contribution in [2.75, 3.05) is 6.54 Å². The van der Waals surface area contributed by atoms with Crippen molar-refractivity contribution in [3.05, 3.63) is 59.8 Å². The van der Waals surface area contributed by atoms with Gasteiger partial charge < -0.3 is 0 Å². The lowest BCUT2D eigenvalue weighted by molar-refractivity contribution is 0.392. The van der Waals surface area contributed by atoms with Gasteiger partial charge in [-0.05, 0) is 35.7 Å². The number of nitrogens with one attached hydrogen (secondary N) is 1. The van der Waals surface area contributed by atoms with Crippen LogP contribution in [0.2, 0.25) is 0 Å². The van der Waals surface area contributed by atoms with Gasteiger partial charge in [0.15, 0.2) is 0 Å². The molecule has 0 unspecified atom stereocenters. The monoisotopic (exact) mass is 345 g/mol. The van der Waals surface area contributed by atoms with Crippen LogP contribution in [-0.2, 0) is 23.0 Å². The van der Waals surface area contributed by atoms with Gasteiger partial charge in [-0.3, -0.25) is 5.10 Å². The molecule has 3 heterocycles. The molecule has 1 aliphatic heterocycles. The van der Waals surface area contributed by atoms with Gasteiger partial charge in [0.1, 0.15) is 4.21 Å². The van der Waals surface area contributed by atoms with Crippen LogP contribution in [-0.4, -0.2) is 29.5 Å². The SMILES string of the molecule is O=S(=O)(c1ccc(-c2ccn[nH]2)s1)N1CCc2ccccc2C1. The highest BCUT2D eigenvalue weighted by molar-refractivity contribution is 7.91. The number of aromatic amines is 1. The number of thiophene rings is 1. The zero-order chi connectivity index (χ0) is 15.9. The third-order valence-corrected chi connectivity index (χ3v) is 7.47. The smallest absolute Gasteiger partial charge is 0.252 e. The maximum Gasteiger partial charge on any atom is 0.252 e. The lowest BCUT2D eigenvalue weighted by Crippen LogP contribution is -2.35. The molecular formula is C16H15N3O2S2. The summed E-state index contributed by atoms with van der Waals surface area (Å²) in [6, 6.07) is 13.4. The zero-order valence-corrected chi connectivity index (χ0v) is 13.9. The average Bonchev–Trinajstić information content (AvgIpc) is 3.25. The van der Waals surface area contributed by atoms with Crippen molar-refractivity contribution in [3.8, 4) is 10.6 Å². The first-order chi connectivity index (χ1) is 11.1. The summed E-state index contributed by atoms with van der Waals surface area (Å²) < 4.78 is 27.7. The summed E-state index contributed by atoms with van der Waals surface area (Å²) in [6.45, 7) is 0.965. The summed E-state index contributed by atoms with van der Waals surface area (Å²) in [6.07, 6.45) is 2.42. The van der Waals surface area contributed by atoms with E-state index < -0.39 is 10.0 Å². The lowest BCUT2D eigenvalue weighted by Gasteiger charge is -2.27. The summed E-state index contributed by atoms with van der Waals surface area (Å²) in [5.74, 6) is 0. The van der Waals surface area contributed by atoms with E-state index in [-0.39, 0.29) is 0 Å². The Hall–Kier alpha value is -1.96. The van der Waals surface area contributed by atoms with Gasteiger partial charge in [0, 0.05) is 19.3 Å². The van der Waals surface area contributed by atoms with Crippen LogP contribution in [0.4, 0.5) is 0 Å². The number of fused-ring (bicyclic) bond motifs is 1. The molecule has 3 aromatic rings. The number of H-pyrrole nitrogens is 1. The van der Waals surface area contributed by atoms with E-state index >= 15 is 0 Å². The highest BCUT2D eigenvalue weighted by atomic mass is 32.2. The molecule has 0 fully saturated rings. The Balaban J connectivity index is 1.64. The molecule has 2 aromatic heterocycles. The van der Waals surface area contributed by atoms with Gasteiger partial charge in [-0.15, -0.1) is 11.3 Å². The van der Waals surface area contributed by atoms with Gasteiger partial charge in [0.25, 0.3) is 10.0 Å². The molecule has 1 aliphatic rings. The summed E-state index contributed by atoms with van der Waals surface area (Å²) in [7, 11) is -3.46. The first-order valence-corrected chi connectivity index (χ1v) is 9.57. The number of rotatable bonds is 3. The van der Waals surface area contributed by atoms with E-state index in [9.17, 15) is 8.42 Å². The Morgan fingerprint density at radius 2 is 1.91 bits per heavy atom. The molecule has 0 atom stereocenters. The van der Waals surface area contributed by atoms with Gasteiger partial charge in [-0.25, -0.2) is 8.42 Å². The van der Waals surface area contributed by atoms with E-state index in [0.29, 0.717) is 17.3 Å². The molecular weight excluding hydrogens is 330 g/mol. The van der Waals surface area contributed by atoms with E-state index in [1.165, 1.54) is 16.9 Å². The molecule has 4 rings (SSSR count). The summed E-state index contributed by atoms with van der Waals surface area (Å²) >= 11 is 1.27. The maximum absolute atomic E-state index is 12.9. The average molecular weight is 345 g/mol. The fourth-order valence-corrected chi connectivity index (χ4v) is 5.65. The fraction of sp³-hybridized carbons (Fsp3) is 0.188. The first kappa shape index (κ1) is 14.6. The molecule has 23 heavy (non-hydrogen) atoms. The van der Waals surface area contributed by atoms with Gasteiger partial charge in [-0.2, -0.15) is 9.40 Å². The second-order valence-electron chi connectivity index (χ2n) is 5.45. The summed E-state index contributed by atoms with van der Waals surface area (Å²) in [4.78, 5) is 0.874. The standard InChI is InChI=1S/C16H15N3O2S2/c20-23(21,16-6-5-15(22-16)14-7-9-17-18-14)19-10-8-12-3-1-2-4-13(12)11-19/h1-7,9H,8,10-11H2,(H,17,18). The molecule has 7 heteroatoms. The minimum absolute atomic E-state index is 0.376. The van der Waals surface area contributed by atoms with Crippen molar-refractivity contribution in [2.24, 2.45) is 0 Å². The number of nitrogens with zero attached hydrogens (tertiary/aromatic N) is 2. The van der Waals surface area contributed by atoms with Gasteiger partial charge in [0.05, 0.1) is 10.6 Å². The maximum atomic E-state index is 12.9. The van der Waals surface area contributed by atoms with Crippen molar-refractivity contribution in [3.63, 3.8) is 0 Å². The molecule has 0 saturated heterocycles. The van der Waals surface area contributed by atoms with E-state index in [1.54, 1.807) is 16.6 Å². The number of benzene rings is 1. The van der Waals surface area contributed by atoms with Crippen molar-refractivity contribution in [1.29, 1.82) is 0 Å². The van der Waals surface area contributed by atoms with E-state index in [2.05, 4.69) is 16.3 Å². The quantitative estimate of drug-likeness (QED) is 0.794. The molecule has 0 spiro atoms. The molecule has 0 bridgehead atoms.